The summed E-state index contributed by atoms with van der Waals surface area (Å²) in [6.45, 7) is 4.75. The Hall–Kier alpha value is -6.96. The van der Waals surface area contributed by atoms with E-state index in [2.05, 4.69) is 190 Å². The third-order valence-corrected chi connectivity index (χ3v) is 12.6. The Morgan fingerprint density at radius 1 is 0.321 bits per heavy atom. The molecule has 0 unspecified atom stereocenters. The summed E-state index contributed by atoms with van der Waals surface area (Å²) < 4.78 is 6.34. The highest BCUT2D eigenvalue weighted by Crippen LogP contribution is 2.53. The molecular formula is C55H36O. The third kappa shape index (κ3) is 4.37. The number of benzene rings is 10. The molecule has 0 amide bonds. The van der Waals surface area contributed by atoms with Crippen molar-refractivity contribution in [1.29, 1.82) is 0 Å². The molecular weight excluding hydrogens is 677 g/mol. The molecule has 11 aromatic rings. The van der Waals surface area contributed by atoms with E-state index in [1.165, 1.54) is 109 Å². The maximum absolute atomic E-state index is 6.34. The van der Waals surface area contributed by atoms with Crippen molar-refractivity contribution in [3.63, 3.8) is 0 Å². The summed E-state index contributed by atoms with van der Waals surface area (Å²) in [4.78, 5) is 0. The second-order valence-corrected chi connectivity index (χ2v) is 16.0. The first kappa shape index (κ1) is 31.4. The molecule has 0 N–H and O–H groups in total. The fourth-order valence-electron chi connectivity index (χ4n) is 9.99. The van der Waals surface area contributed by atoms with Gasteiger partial charge in [0.05, 0.1) is 0 Å². The Morgan fingerprint density at radius 2 is 0.875 bits per heavy atom. The van der Waals surface area contributed by atoms with Gasteiger partial charge in [0.15, 0.2) is 0 Å². The molecule has 12 rings (SSSR count). The average molecular weight is 713 g/mol. The molecule has 1 aliphatic rings. The minimum absolute atomic E-state index is 0.133. The molecule has 1 nitrogen and oxygen atoms in total. The lowest BCUT2D eigenvalue weighted by Gasteiger charge is -2.22. The molecule has 0 fully saturated rings. The highest BCUT2D eigenvalue weighted by atomic mass is 16.3. The van der Waals surface area contributed by atoms with Crippen molar-refractivity contribution in [3.8, 4) is 44.5 Å². The zero-order chi connectivity index (χ0) is 37.1. The van der Waals surface area contributed by atoms with Gasteiger partial charge in [-0.05, 0) is 135 Å². The monoisotopic (exact) mass is 712 g/mol. The van der Waals surface area contributed by atoms with Gasteiger partial charge in [-0.3, -0.25) is 0 Å². The molecule has 1 aromatic heterocycles. The predicted octanol–water partition coefficient (Wildman–Crippen LogP) is 15.5. The van der Waals surface area contributed by atoms with E-state index in [0.29, 0.717) is 0 Å². The Balaban J connectivity index is 1.09. The lowest BCUT2D eigenvalue weighted by molar-refractivity contribution is 0.661. The van der Waals surface area contributed by atoms with Gasteiger partial charge in [0.25, 0.3) is 0 Å². The van der Waals surface area contributed by atoms with Gasteiger partial charge >= 0.3 is 0 Å². The normalized spacial score (nSPS) is 13.3. The van der Waals surface area contributed by atoms with E-state index in [1.54, 1.807) is 0 Å². The average Bonchev–Trinajstić information content (AvgIpc) is 3.71. The summed E-state index contributed by atoms with van der Waals surface area (Å²) in [6, 6.07) is 67.3. The van der Waals surface area contributed by atoms with Crippen LogP contribution in [0.15, 0.2) is 186 Å². The van der Waals surface area contributed by atoms with E-state index in [-0.39, 0.29) is 5.41 Å². The number of hydrogen-bond acceptors (Lipinski definition) is 1. The van der Waals surface area contributed by atoms with Gasteiger partial charge < -0.3 is 4.42 Å². The molecule has 0 spiro atoms. The number of furan rings is 1. The minimum Gasteiger partial charge on any atom is -0.456 e. The zero-order valence-corrected chi connectivity index (χ0v) is 31.2. The highest BCUT2D eigenvalue weighted by molar-refractivity contribution is 6.24. The molecule has 0 saturated carbocycles. The number of hydrogen-bond donors (Lipinski definition) is 0. The van der Waals surface area contributed by atoms with Crippen molar-refractivity contribution in [2.75, 3.05) is 0 Å². The van der Waals surface area contributed by atoms with Crippen LogP contribution in [0.2, 0.25) is 0 Å². The first-order chi connectivity index (χ1) is 27.5. The van der Waals surface area contributed by atoms with Gasteiger partial charge in [0, 0.05) is 16.2 Å². The zero-order valence-electron chi connectivity index (χ0n) is 31.2. The Morgan fingerprint density at radius 3 is 1.59 bits per heavy atom. The van der Waals surface area contributed by atoms with Crippen molar-refractivity contribution >= 4 is 65.0 Å². The van der Waals surface area contributed by atoms with Gasteiger partial charge in [-0.2, -0.15) is 0 Å². The fourth-order valence-corrected chi connectivity index (χ4v) is 9.99. The quantitative estimate of drug-likeness (QED) is 0.166. The van der Waals surface area contributed by atoms with E-state index < -0.39 is 0 Å². The van der Waals surface area contributed by atoms with Gasteiger partial charge in [0.1, 0.15) is 11.2 Å². The summed E-state index contributed by atoms with van der Waals surface area (Å²) >= 11 is 0. The van der Waals surface area contributed by atoms with Gasteiger partial charge in [-0.1, -0.05) is 159 Å². The molecule has 0 radical (unpaired) electrons. The largest absolute Gasteiger partial charge is 0.456 e. The maximum Gasteiger partial charge on any atom is 0.136 e. The Bertz CT molecular complexity index is 3380. The van der Waals surface area contributed by atoms with E-state index >= 15 is 0 Å². The molecule has 1 heteroatoms. The number of para-hydroxylation sites is 1. The van der Waals surface area contributed by atoms with E-state index in [1.807, 2.05) is 6.07 Å². The van der Waals surface area contributed by atoms with E-state index in [0.717, 1.165) is 11.2 Å². The van der Waals surface area contributed by atoms with Crippen LogP contribution >= 0.6 is 0 Å². The first-order valence-corrected chi connectivity index (χ1v) is 19.6. The van der Waals surface area contributed by atoms with Crippen LogP contribution in [0.5, 0.6) is 0 Å². The Kier molecular flexibility index (Phi) is 6.46. The van der Waals surface area contributed by atoms with Crippen molar-refractivity contribution < 1.29 is 4.42 Å². The summed E-state index contributed by atoms with van der Waals surface area (Å²) in [5.74, 6) is 0. The maximum atomic E-state index is 6.34. The molecule has 0 aliphatic heterocycles. The van der Waals surface area contributed by atoms with Crippen molar-refractivity contribution in [1.82, 2.24) is 0 Å². The number of rotatable bonds is 3. The molecule has 56 heavy (non-hydrogen) atoms. The summed E-state index contributed by atoms with van der Waals surface area (Å²) in [5.41, 5.74) is 14.7. The van der Waals surface area contributed by atoms with Crippen LogP contribution in [0.25, 0.3) is 110 Å². The molecule has 10 aromatic carbocycles. The van der Waals surface area contributed by atoms with E-state index in [4.69, 9.17) is 4.42 Å². The van der Waals surface area contributed by atoms with Crippen LogP contribution in [-0.4, -0.2) is 0 Å². The lowest BCUT2D eigenvalue weighted by Crippen LogP contribution is -2.14. The smallest absolute Gasteiger partial charge is 0.136 e. The second-order valence-electron chi connectivity index (χ2n) is 16.0. The summed E-state index contributed by atoms with van der Waals surface area (Å²) in [6.07, 6.45) is 0. The van der Waals surface area contributed by atoms with E-state index in [9.17, 15) is 0 Å². The second kappa shape index (κ2) is 11.5. The number of fused-ring (bicyclic) bond motifs is 10. The molecule has 1 heterocycles. The summed E-state index contributed by atoms with van der Waals surface area (Å²) in [7, 11) is 0. The fraction of sp³-hybridized carbons (Fsp3) is 0.0545. The predicted molar refractivity (Wildman–Crippen MR) is 238 cm³/mol. The lowest BCUT2D eigenvalue weighted by atomic mass is 9.81. The van der Waals surface area contributed by atoms with Gasteiger partial charge in [-0.25, -0.2) is 0 Å². The molecule has 0 atom stereocenters. The van der Waals surface area contributed by atoms with Crippen LogP contribution in [-0.2, 0) is 5.41 Å². The van der Waals surface area contributed by atoms with Gasteiger partial charge in [-0.15, -0.1) is 0 Å². The third-order valence-electron chi connectivity index (χ3n) is 12.6. The van der Waals surface area contributed by atoms with Crippen molar-refractivity contribution in [2.45, 2.75) is 19.3 Å². The van der Waals surface area contributed by atoms with Crippen LogP contribution < -0.4 is 0 Å². The minimum atomic E-state index is -0.133. The molecule has 0 saturated heterocycles. The topological polar surface area (TPSA) is 13.1 Å². The SMILES string of the molecule is CC1(C)c2ccc(-c3c4ccccc4c(-c4ccc(-c5ccccc5)c5ccccc45)c4ccccc34)cc2-c2cc3cc4oc5ccccc5c4cc3cc21. The van der Waals surface area contributed by atoms with Crippen LogP contribution in [0, 0.1) is 0 Å². The first-order valence-electron chi connectivity index (χ1n) is 19.6. The van der Waals surface area contributed by atoms with Crippen molar-refractivity contribution in [2.24, 2.45) is 0 Å². The Labute approximate surface area is 325 Å². The van der Waals surface area contributed by atoms with Gasteiger partial charge in [0.2, 0.25) is 0 Å². The van der Waals surface area contributed by atoms with Crippen LogP contribution in [0.3, 0.4) is 0 Å². The standard InChI is InChI=1S/C55H36O/c1-55(2)49-27-24-34(28-46(49)47-29-36-32-52-48(30-35(36)31-50(47)55)40-18-12-13-23-51(40)56-52)53-41-19-8-10-21-43(41)54(44-22-11-9-20-42(44)53)45-26-25-37(33-14-4-3-5-15-33)38-16-6-7-17-39(38)45/h3-32H,1-2H3. The van der Waals surface area contributed by atoms with Crippen LogP contribution in [0.1, 0.15) is 25.0 Å². The van der Waals surface area contributed by atoms with Crippen LogP contribution in [0.4, 0.5) is 0 Å². The molecule has 0 bridgehead atoms. The highest BCUT2D eigenvalue weighted by Gasteiger charge is 2.36. The molecule has 262 valence electrons. The summed E-state index contributed by atoms with van der Waals surface area (Å²) in [5, 5.41) is 12.4. The molecule has 1 aliphatic carbocycles. The van der Waals surface area contributed by atoms with Crippen molar-refractivity contribution in [3.05, 3.63) is 193 Å².